The number of aromatic nitrogens is 1. The van der Waals surface area contributed by atoms with Gasteiger partial charge in [-0.2, -0.15) is 0 Å². The minimum absolute atomic E-state index is 0.0645. The van der Waals surface area contributed by atoms with Crippen molar-refractivity contribution in [2.24, 2.45) is 0 Å². The molecule has 6 heteroatoms. The number of benzene rings is 2. The molecular formula is C25H28N4O2. The van der Waals surface area contributed by atoms with Gasteiger partial charge in [0.1, 0.15) is 5.82 Å². The van der Waals surface area contributed by atoms with Crippen LogP contribution in [0.3, 0.4) is 0 Å². The van der Waals surface area contributed by atoms with E-state index in [1.165, 1.54) is 0 Å². The van der Waals surface area contributed by atoms with Crippen molar-refractivity contribution in [3.05, 3.63) is 95.7 Å². The molecule has 0 aliphatic rings. The summed E-state index contributed by atoms with van der Waals surface area (Å²) < 4.78 is 0. The topological polar surface area (TPSA) is 74.3 Å². The van der Waals surface area contributed by atoms with Crippen LogP contribution in [0.2, 0.25) is 0 Å². The first-order chi connectivity index (χ1) is 15.0. The van der Waals surface area contributed by atoms with Gasteiger partial charge in [0.15, 0.2) is 0 Å². The molecule has 0 aliphatic heterocycles. The van der Waals surface area contributed by atoms with Gasteiger partial charge in [-0.3, -0.25) is 14.5 Å². The lowest BCUT2D eigenvalue weighted by molar-refractivity contribution is -0.122. The third kappa shape index (κ3) is 7.04. The Kier molecular flexibility index (Phi) is 7.90. The predicted molar refractivity (Wildman–Crippen MR) is 123 cm³/mol. The lowest BCUT2D eigenvalue weighted by Crippen LogP contribution is -2.35. The SMILES string of the molecule is Cc1cccc(NC(=O)CN(C)CCC(=O)NC(c2ccccc2)c2ccccc2)n1. The van der Waals surface area contributed by atoms with Gasteiger partial charge in [-0.1, -0.05) is 66.7 Å². The van der Waals surface area contributed by atoms with Crippen LogP contribution in [0.15, 0.2) is 78.9 Å². The van der Waals surface area contributed by atoms with Crippen LogP contribution in [-0.4, -0.2) is 41.8 Å². The number of carbonyl (C=O) groups excluding carboxylic acids is 2. The highest BCUT2D eigenvalue weighted by Crippen LogP contribution is 2.21. The van der Waals surface area contributed by atoms with Crippen molar-refractivity contribution in [1.82, 2.24) is 15.2 Å². The molecule has 0 saturated heterocycles. The minimum atomic E-state index is -0.212. The molecule has 0 unspecified atom stereocenters. The number of nitrogens with one attached hydrogen (secondary N) is 2. The Labute approximate surface area is 183 Å². The molecule has 6 nitrogen and oxygen atoms in total. The molecule has 2 aromatic carbocycles. The quantitative estimate of drug-likeness (QED) is 0.559. The summed E-state index contributed by atoms with van der Waals surface area (Å²) in [5.74, 6) is 0.308. The van der Waals surface area contributed by atoms with E-state index in [9.17, 15) is 9.59 Å². The first kappa shape index (κ1) is 22.2. The molecule has 1 heterocycles. The van der Waals surface area contributed by atoms with Crippen LogP contribution >= 0.6 is 0 Å². The summed E-state index contributed by atoms with van der Waals surface area (Å²) in [6.07, 6.45) is 0.294. The number of rotatable bonds is 9. The van der Waals surface area contributed by atoms with E-state index in [4.69, 9.17) is 0 Å². The summed E-state index contributed by atoms with van der Waals surface area (Å²) in [5, 5.41) is 5.91. The molecule has 0 atom stereocenters. The summed E-state index contributed by atoms with van der Waals surface area (Å²) >= 11 is 0. The van der Waals surface area contributed by atoms with E-state index in [-0.39, 0.29) is 24.4 Å². The maximum atomic E-state index is 12.7. The maximum absolute atomic E-state index is 12.7. The molecule has 0 radical (unpaired) electrons. The van der Waals surface area contributed by atoms with Crippen LogP contribution in [0.5, 0.6) is 0 Å². The average Bonchev–Trinajstić information content (AvgIpc) is 2.77. The number of hydrogen-bond acceptors (Lipinski definition) is 4. The van der Waals surface area contributed by atoms with Crippen molar-refractivity contribution in [2.45, 2.75) is 19.4 Å². The van der Waals surface area contributed by atoms with E-state index in [0.29, 0.717) is 18.8 Å². The third-order valence-corrected chi connectivity index (χ3v) is 4.86. The summed E-state index contributed by atoms with van der Waals surface area (Å²) in [4.78, 5) is 31.0. The van der Waals surface area contributed by atoms with Gasteiger partial charge in [-0.05, 0) is 37.2 Å². The van der Waals surface area contributed by atoms with Crippen LogP contribution in [0, 0.1) is 6.92 Å². The Morgan fingerprint density at radius 3 is 2.06 bits per heavy atom. The van der Waals surface area contributed by atoms with Crippen molar-refractivity contribution in [3.63, 3.8) is 0 Å². The van der Waals surface area contributed by atoms with Gasteiger partial charge in [0.25, 0.3) is 0 Å². The van der Waals surface area contributed by atoms with Gasteiger partial charge in [0.2, 0.25) is 11.8 Å². The van der Waals surface area contributed by atoms with Crippen molar-refractivity contribution in [2.75, 3.05) is 25.5 Å². The summed E-state index contributed by atoms with van der Waals surface area (Å²) in [6, 6.07) is 25.1. The summed E-state index contributed by atoms with van der Waals surface area (Å²) in [7, 11) is 1.82. The molecule has 0 aliphatic carbocycles. The molecule has 2 amide bonds. The Balaban J connectivity index is 1.52. The van der Waals surface area contributed by atoms with Crippen molar-refractivity contribution in [1.29, 1.82) is 0 Å². The number of carbonyl (C=O) groups is 2. The average molecular weight is 417 g/mol. The second kappa shape index (κ2) is 11.0. The van der Waals surface area contributed by atoms with Crippen molar-refractivity contribution in [3.8, 4) is 0 Å². The Morgan fingerprint density at radius 2 is 1.48 bits per heavy atom. The van der Waals surface area contributed by atoms with Crippen molar-refractivity contribution < 1.29 is 9.59 Å². The fraction of sp³-hybridized carbons (Fsp3) is 0.240. The Hall–Kier alpha value is -3.51. The van der Waals surface area contributed by atoms with Gasteiger partial charge in [-0.15, -0.1) is 0 Å². The number of aryl methyl sites for hydroxylation is 1. The van der Waals surface area contributed by atoms with E-state index in [1.54, 1.807) is 6.07 Å². The smallest absolute Gasteiger partial charge is 0.239 e. The molecule has 1 aromatic heterocycles. The second-order valence-corrected chi connectivity index (χ2v) is 7.52. The third-order valence-electron chi connectivity index (χ3n) is 4.86. The van der Waals surface area contributed by atoms with Gasteiger partial charge in [0, 0.05) is 18.7 Å². The van der Waals surface area contributed by atoms with E-state index < -0.39 is 0 Å². The number of nitrogens with zero attached hydrogens (tertiary/aromatic N) is 2. The highest BCUT2D eigenvalue weighted by molar-refractivity contribution is 5.91. The molecule has 3 aromatic rings. The Bertz CT molecular complexity index is 953. The van der Waals surface area contributed by atoms with Gasteiger partial charge in [0.05, 0.1) is 12.6 Å². The molecular weight excluding hydrogens is 388 g/mol. The highest BCUT2D eigenvalue weighted by Gasteiger charge is 2.17. The number of anilines is 1. The van der Waals surface area contributed by atoms with Crippen LogP contribution in [0.1, 0.15) is 29.3 Å². The lowest BCUT2D eigenvalue weighted by atomic mass is 9.98. The van der Waals surface area contributed by atoms with Gasteiger partial charge >= 0.3 is 0 Å². The summed E-state index contributed by atoms with van der Waals surface area (Å²) in [6.45, 7) is 2.53. The molecule has 0 spiro atoms. The van der Waals surface area contributed by atoms with Crippen LogP contribution in [-0.2, 0) is 9.59 Å². The second-order valence-electron chi connectivity index (χ2n) is 7.52. The van der Waals surface area contributed by atoms with Gasteiger partial charge in [-0.25, -0.2) is 4.98 Å². The number of likely N-dealkylation sites (N-methyl/N-ethyl adjacent to an activating group) is 1. The molecule has 0 fully saturated rings. The molecule has 160 valence electrons. The monoisotopic (exact) mass is 416 g/mol. The summed E-state index contributed by atoms with van der Waals surface area (Å²) in [5.41, 5.74) is 2.90. The largest absolute Gasteiger partial charge is 0.345 e. The maximum Gasteiger partial charge on any atom is 0.239 e. The fourth-order valence-electron chi connectivity index (χ4n) is 3.29. The number of hydrogen-bond donors (Lipinski definition) is 2. The fourth-order valence-corrected chi connectivity index (χ4v) is 3.29. The van der Waals surface area contributed by atoms with E-state index in [0.717, 1.165) is 16.8 Å². The lowest BCUT2D eigenvalue weighted by Gasteiger charge is -2.21. The van der Waals surface area contributed by atoms with E-state index in [1.807, 2.05) is 91.7 Å². The zero-order valence-corrected chi connectivity index (χ0v) is 17.9. The van der Waals surface area contributed by atoms with Crippen LogP contribution in [0.4, 0.5) is 5.82 Å². The predicted octanol–water partition coefficient (Wildman–Crippen LogP) is 3.56. The Morgan fingerprint density at radius 1 is 0.871 bits per heavy atom. The van der Waals surface area contributed by atoms with Crippen LogP contribution < -0.4 is 10.6 Å². The molecule has 0 bridgehead atoms. The van der Waals surface area contributed by atoms with Crippen LogP contribution in [0.25, 0.3) is 0 Å². The standard InChI is InChI=1S/C25H28N4O2/c1-19-10-9-15-22(26-19)27-24(31)18-29(2)17-16-23(30)28-25(20-11-5-3-6-12-20)21-13-7-4-8-14-21/h3-15,25H,16-18H2,1-2H3,(H,28,30)(H,26,27,31). The van der Waals surface area contributed by atoms with E-state index in [2.05, 4.69) is 15.6 Å². The minimum Gasteiger partial charge on any atom is -0.345 e. The molecule has 3 rings (SSSR count). The van der Waals surface area contributed by atoms with Gasteiger partial charge < -0.3 is 10.6 Å². The normalized spacial score (nSPS) is 10.8. The number of amides is 2. The molecule has 0 saturated carbocycles. The van der Waals surface area contributed by atoms with Crippen molar-refractivity contribution >= 4 is 17.6 Å². The van der Waals surface area contributed by atoms with E-state index >= 15 is 0 Å². The first-order valence-electron chi connectivity index (χ1n) is 10.3. The highest BCUT2D eigenvalue weighted by atomic mass is 16.2. The zero-order chi connectivity index (χ0) is 22.1. The first-order valence-corrected chi connectivity index (χ1v) is 10.3. The molecule has 2 N–H and O–H groups in total. The zero-order valence-electron chi connectivity index (χ0n) is 17.9. The number of pyridine rings is 1. The molecule has 31 heavy (non-hydrogen) atoms.